The van der Waals surface area contributed by atoms with Gasteiger partial charge in [0.1, 0.15) is 0 Å². The zero-order valence-corrected chi connectivity index (χ0v) is 21.3. The summed E-state index contributed by atoms with van der Waals surface area (Å²) in [6.45, 7) is 5.45. The zero-order valence-electron chi connectivity index (χ0n) is 18.3. The quantitative estimate of drug-likeness (QED) is 0.210. The van der Waals surface area contributed by atoms with Crippen LogP contribution in [0, 0.1) is 20.0 Å². The molecule has 0 aliphatic carbocycles. The van der Waals surface area contributed by atoms with E-state index in [2.05, 4.69) is 2.51 Å². The third-order valence-corrected chi connectivity index (χ3v) is 11.9. The summed E-state index contributed by atoms with van der Waals surface area (Å²) in [6, 6.07) is 11.1. The Hall–Kier alpha value is -1.55. The van der Waals surface area contributed by atoms with Gasteiger partial charge in [-0.1, -0.05) is 0 Å². The molecule has 0 aromatic heterocycles. The molecule has 0 radical (unpaired) electrons. The summed E-state index contributed by atoms with van der Waals surface area (Å²) in [6.07, 6.45) is -6.56. The van der Waals surface area contributed by atoms with Gasteiger partial charge in [0.05, 0.1) is 0 Å². The summed E-state index contributed by atoms with van der Waals surface area (Å²) < 4.78 is 149. The van der Waals surface area contributed by atoms with Gasteiger partial charge in [-0.3, -0.25) is 0 Å². The molecule has 0 spiro atoms. The minimum absolute atomic E-state index is 0.00156. The van der Waals surface area contributed by atoms with Gasteiger partial charge in [-0.2, -0.15) is 0 Å². The van der Waals surface area contributed by atoms with Crippen LogP contribution in [-0.4, -0.2) is 31.7 Å². The number of hydrogen-bond donors (Lipinski definition) is 0. The van der Waals surface area contributed by atoms with E-state index in [1.165, 1.54) is 48.5 Å². The van der Waals surface area contributed by atoms with Gasteiger partial charge < -0.3 is 0 Å². The molecule has 0 saturated carbocycles. The van der Waals surface area contributed by atoms with Gasteiger partial charge in [-0.15, -0.1) is 0 Å². The summed E-state index contributed by atoms with van der Waals surface area (Å²) in [4.78, 5) is 0. The van der Waals surface area contributed by atoms with Crippen LogP contribution in [0.25, 0.3) is 0 Å². The molecule has 0 N–H and O–H groups in total. The predicted molar refractivity (Wildman–Crippen MR) is 118 cm³/mol. The number of alkyl halides is 9. The summed E-state index contributed by atoms with van der Waals surface area (Å²) in [5, 5.41) is -6.91. The standard InChI is InChI=1S/C21H20F9IO3S/c1-13(2)12-15-6-10-17(11-7-15)31(16-8-4-14(3)5-9-16)34-35(32,33)21(29,30)19(24,25)18(22,23)20(26,27)28/h4-11,13H,12H2,1-3H3. The van der Waals surface area contributed by atoms with Crippen LogP contribution in [0.2, 0.25) is 0 Å². The molecular weight excluding hydrogens is 630 g/mol. The van der Waals surface area contributed by atoms with E-state index in [4.69, 9.17) is 0 Å². The molecule has 2 aromatic rings. The van der Waals surface area contributed by atoms with Crippen molar-refractivity contribution in [2.45, 2.75) is 50.5 Å². The monoisotopic (exact) mass is 650 g/mol. The van der Waals surface area contributed by atoms with Crippen molar-refractivity contribution in [2.75, 3.05) is 0 Å². The summed E-state index contributed by atoms with van der Waals surface area (Å²) in [7, 11) is -6.99. The molecule has 0 aliphatic rings. The molecule has 3 nitrogen and oxygen atoms in total. The molecule has 2 aromatic carbocycles. The number of rotatable bonds is 9. The summed E-state index contributed by atoms with van der Waals surface area (Å²) in [5.41, 5.74) is 1.43. The molecule has 0 saturated heterocycles. The number of benzene rings is 2. The fraction of sp³-hybridized carbons (Fsp3) is 0.429. The first kappa shape index (κ1) is 29.7. The summed E-state index contributed by atoms with van der Waals surface area (Å²) in [5.74, 6) is -14.5. The average Bonchev–Trinajstić information content (AvgIpc) is 2.72. The van der Waals surface area contributed by atoms with Gasteiger partial charge in [0, 0.05) is 0 Å². The molecule has 2 rings (SSSR count). The van der Waals surface area contributed by atoms with Crippen LogP contribution in [0.4, 0.5) is 39.5 Å². The molecule has 0 fully saturated rings. The SMILES string of the molecule is Cc1ccc(I(OS(=O)(=O)C(F)(F)C(F)(F)C(F)(F)C(F)(F)F)c2ccc(CC(C)C)cc2)cc1. The van der Waals surface area contributed by atoms with Crippen molar-refractivity contribution in [2.24, 2.45) is 5.92 Å². The Morgan fingerprint density at radius 2 is 1.20 bits per heavy atom. The van der Waals surface area contributed by atoms with Gasteiger partial charge in [-0.25, -0.2) is 0 Å². The van der Waals surface area contributed by atoms with E-state index in [0.29, 0.717) is 12.0 Å². The topological polar surface area (TPSA) is 43.4 Å². The van der Waals surface area contributed by atoms with Gasteiger partial charge >= 0.3 is 204 Å². The number of hydrogen-bond acceptors (Lipinski definition) is 3. The molecule has 198 valence electrons. The van der Waals surface area contributed by atoms with Gasteiger partial charge in [-0.05, 0) is 0 Å². The van der Waals surface area contributed by atoms with Crippen LogP contribution in [0.15, 0.2) is 48.5 Å². The van der Waals surface area contributed by atoms with Crippen LogP contribution >= 0.6 is 20.2 Å². The van der Waals surface area contributed by atoms with E-state index < -0.39 is 53.6 Å². The normalized spacial score (nSPS) is 14.4. The molecule has 0 bridgehead atoms. The maximum absolute atomic E-state index is 14.3. The van der Waals surface area contributed by atoms with Crippen molar-refractivity contribution in [3.8, 4) is 0 Å². The first-order valence-electron chi connectivity index (χ1n) is 9.75. The Balaban J connectivity index is 2.56. The van der Waals surface area contributed by atoms with E-state index in [1.807, 2.05) is 13.8 Å². The Bertz CT molecular complexity index is 1110. The van der Waals surface area contributed by atoms with Gasteiger partial charge in [0.25, 0.3) is 0 Å². The van der Waals surface area contributed by atoms with Crippen LogP contribution in [-0.2, 0) is 19.1 Å². The molecule has 0 aliphatic heterocycles. The second-order valence-corrected chi connectivity index (χ2v) is 14.5. The second kappa shape index (κ2) is 10.1. The second-order valence-electron chi connectivity index (χ2n) is 7.95. The third kappa shape index (κ3) is 5.89. The first-order valence-corrected chi connectivity index (χ1v) is 14.2. The fourth-order valence-corrected chi connectivity index (χ4v) is 9.61. The van der Waals surface area contributed by atoms with Crippen molar-refractivity contribution in [3.05, 3.63) is 66.8 Å². The van der Waals surface area contributed by atoms with E-state index in [1.54, 1.807) is 6.92 Å². The van der Waals surface area contributed by atoms with Gasteiger partial charge in [0.2, 0.25) is 0 Å². The Kier molecular flexibility index (Phi) is 8.54. The number of halogens is 10. The van der Waals surface area contributed by atoms with Crippen molar-refractivity contribution >= 4 is 30.4 Å². The van der Waals surface area contributed by atoms with Crippen molar-refractivity contribution in [3.63, 3.8) is 0 Å². The average molecular weight is 650 g/mol. The van der Waals surface area contributed by atoms with Crippen molar-refractivity contribution < 1.29 is 50.4 Å². The molecule has 0 atom stereocenters. The van der Waals surface area contributed by atoms with Crippen molar-refractivity contribution in [1.82, 2.24) is 0 Å². The molecule has 14 heteroatoms. The van der Waals surface area contributed by atoms with Crippen LogP contribution in [0.5, 0.6) is 0 Å². The molecule has 0 amide bonds. The molecule has 0 unspecified atom stereocenters. The Morgan fingerprint density at radius 3 is 1.60 bits per heavy atom. The first-order chi connectivity index (χ1) is 15.7. The van der Waals surface area contributed by atoms with E-state index in [-0.39, 0.29) is 13.1 Å². The van der Waals surface area contributed by atoms with E-state index >= 15 is 0 Å². The van der Waals surface area contributed by atoms with Crippen LogP contribution in [0.3, 0.4) is 0 Å². The number of aryl methyl sites for hydroxylation is 1. The predicted octanol–water partition coefficient (Wildman–Crippen LogP) is 7.43. The van der Waals surface area contributed by atoms with Crippen LogP contribution < -0.4 is 0 Å². The Labute approximate surface area is 203 Å². The molecule has 0 heterocycles. The maximum atomic E-state index is 14.3. The third-order valence-electron chi connectivity index (χ3n) is 4.54. The van der Waals surface area contributed by atoms with Crippen molar-refractivity contribution in [1.29, 1.82) is 0 Å². The molecular formula is C21H20F9IO3S. The zero-order chi connectivity index (χ0) is 27.0. The molecule has 35 heavy (non-hydrogen) atoms. The Morgan fingerprint density at radius 1 is 0.771 bits per heavy atom. The fourth-order valence-electron chi connectivity index (χ4n) is 2.69. The van der Waals surface area contributed by atoms with E-state index in [0.717, 1.165) is 5.56 Å². The summed E-state index contributed by atoms with van der Waals surface area (Å²) >= 11 is -4.08. The van der Waals surface area contributed by atoms with Gasteiger partial charge in [0.15, 0.2) is 0 Å². The minimum atomic E-state index is -7.36. The van der Waals surface area contributed by atoms with Crippen LogP contribution in [0.1, 0.15) is 25.0 Å². The van der Waals surface area contributed by atoms with E-state index in [9.17, 15) is 47.9 Å².